The average Bonchev–Trinajstić information content (AvgIpc) is 3.25. The molecule has 0 fully saturated rings. The second-order valence-electron chi connectivity index (χ2n) is 5.78. The second kappa shape index (κ2) is 6.09. The van der Waals surface area contributed by atoms with Gasteiger partial charge >= 0.3 is 0 Å². The highest BCUT2D eigenvalue weighted by molar-refractivity contribution is 7.13. The number of amides is 1. The minimum atomic E-state index is -0.189. The molecule has 0 saturated carbocycles. The van der Waals surface area contributed by atoms with Crippen molar-refractivity contribution < 1.29 is 9.53 Å². The zero-order valence-corrected chi connectivity index (χ0v) is 14.0. The Hall–Kier alpha value is -2.66. The van der Waals surface area contributed by atoms with Crippen molar-refractivity contribution in [2.45, 2.75) is 13.3 Å². The van der Waals surface area contributed by atoms with Crippen LogP contribution in [0.2, 0.25) is 0 Å². The number of benzene rings is 2. The van der Waals surface area contributed by atoms with Crippen LogP contribution in [0.25, 0.3) is 10.6 Å². The predicted octanol–water partition coefficient (Wildman–Crippen LogP) is 4.31. The number of thiazole rings is 1. The standard InChI is InChI=1S/C19H16N2O2S/c1-12-2-5-15(6-3-12)20-18(22)16-11-24-19(21-16)14-4-7-17-13(10-14)8-9-23-17/h2-7,10-11H,8-9H2,1H3,(H,20,22). The molecular formula is C19H16N2O2S. The molecule has 0 unspecified atom stereocenters. The van der Waals surface area contributed by atoms with E-state index < -0.39 is 0 Å². The molecule has 24 heavy (non-hydrogen) atoms. The van der Waals surface area contributed by atoms with Gasteiger partial charge in [-0.05, 0) is 42.8 Å². The van der Waals surface area contributed by atoms with Crippen LogP contribution in [0, 0.1) is 6.92 Å². The summed E-state index contributed by atoms with van der Waals surface area (Å²) < 4.78 is 5.53. The van der Waals surface area contributed by atoms with Gasteiger partial charge in [0.05, 0.1) is 6.61 Å². The number of anilines is 1. The van der Waals surface area contributed by atoms with E-state index in [-0.39, 0.29) is 5.91 Å². The maximum atomic E-state index is 12.3. The number of hydrogen-bond acceptors (Lipinski definition) is 4. The molecule has 120 valence electrons. The van der Waals surface area contributed by atoms with Gasteiger partial charge < -0.3 is 10.1 Å². The first kappa shape index (κ1) is 14.9. The van der Waals surface area contributed by atoms with E-state index in [2.05, 4.69) is 16.4 Å². The lowest BCUT2D eigenvalue weighted by Crippen LogP contribution is -2.12. The van der Waals surface area contributed by atoms with Crippen LogP contribution >= 0.6 is 11.3 Å². The maximum Gasteiger partial charge on any atom is 0.275 e. The van der Waals surface area contributed by atoms with E-state index in [1.165, 1.54) is 16.9 Å². The van der Waals surface area contributed by atoms with Gasteiger partial charge in [0, 0.05) is 23.1 Å². The number of nitrogens with one attached hydrogen (secondary N) is 1. The number of carbonyl (C=O) groups is 1. The Bertz CT molecular complexity index is 900. The van der Waals surface area contributed by atoms with Crippen molar-refractivity contribution in [2.24, 2.45) is 0 Å². The van der Waals surface area contributed by atoms with Gasteiger partial charge in [0.1, 0.15) is 16.5 Å². The topological polar surface area (TPSA) is 51.2 Å². The highest BCUT2D eigenvalue weighted by Gasteiger charge is 2.16. The number of ether oxygens (including phenoxy) is 1. The molecule has 0 bridgehead atoms. The molecule has 0 atom stereocenters. The van der Waals surface area contributed by atoms with E-state index >= 15 is 0 Å². The van der Waals surface area contributed by atoms with Crippen molar-refractivity contribution in [1.82, 2.24) is 4.98 Å². The van der Waals surface area contributed by atoms with Crippen LogP contribution in [0.3, 0.4) is 0 Å². The first-order valence-corrected chi connectivity index (χ1v) is 8.67. The molecule has 4 rings (SSSR count). The predicted molar refractivity (Wildman–Crippen MR) is 95.9 cm³/mol. The van der Waals surface area contributed by atoms with Gasteiger partial charge in [0.25, 0.3) is 5.91 Å². The van der Waals surface area contributed by atoms with Crippen molar-refractivity contribution in [1.29, 1.82) is 0 Å². The van der Waals surface area contributed by atoms with Crippen LogP contribution in [-0.4, -0.2) is 17.5 Å². The van der Waals surface area contributed by atoms with Crippen molar-refractivity contribution in [3.8, 4) is 16.3 Å². The summed E-state index contributed by atoms with van der Waals surface area (Å²) in [6, 6.07) is 13.8. The van der Waals surface area contributed by atoms with Crippen LogP contribution in [0.4, 0.5) is 5.69 Å². The van der Waals surface area contributed by atoms with Crippen molar-refractivity contribution in [2.75, 3.05) is 11.9 Å². The Morgan fingerprint density at radius 3 is 2.88 bits per heavy atom. The van der Waals surface area contributed by atoms with Crippen LogP contribution < -0.4 is 10.1 Å². The molecule has 1 amide bonds. The third-order valence-corrected chi connectivity index (χ3v) is 4.87. The van der Waals surface area contributed by atoms with E-state index in [1.54, 1.807) is 5.38 Å². The lowest BCUT2D eigenvalue weighted by atomic mass is 10.1. The summed E-state index contributed by atoms with van der Waals surface area (Å²) in [5, 5.41) is 5.52. The number of rotatable bonds is 3. The Kier molecular flexibility index (Phi) is 3.78. The van der Waals surface area contributed by atoms with E-state index in [0.29, 0.717) is 5.69 Å². The van der Waals surface area contributed by atoms with Crippen LogP contribution in [-0.2, 0) is 6.42 Å². The summed E-state index contributed by atoms with van der Waals surface area (Å²) in [5.41, 5.74) is 4.60. The Morgan fingerprint density at radius 2 is 2.04 bits per heavy atom. The molecule has 0 saturated heterocycles. The van der Waals surface area contributed by atoms with Gasteiger partial charge in [-0.15, -0.1) is 11.3 Å². The third kappa shape index (κ3) is 2.90. The minimum Gasteiger partial charge on any atom is -0.493 e. The van der Waals surface area contributed by atoms with Gasteiger partial charge in [0.15, 0.2) is 0 Å². The lowest BCUT2D eigenvalue weighted by Gasteiger charge is -2.03. The Balaban J connectivity index is 1.54. The van der Waals surface area contributed by atoms with Gasteiger partial charge in [-0.1, -0.05) is 17.7 Å². The molecule has 0 aliphatic carbocycles. The number of carbonyl (C=O) groups excluding carboxylic acids is 1. The molecule has 1 N–H and O–H groups in total. The fourth-order valence-electron chi connectivity index (χ4n) is 2.66. The molecule has 1 aliphatic heterocycles. The number of hydrogen-bond donors (Lipinski definition) is 1. The van der Waals surface area contributed by atoms with E-state index in [1.807, 2.05) is 43.3 Å². The number of aryl methyl sites for hydroxylation is 1. The zero-order chi connectivity index (χ0) is 16.5. The second-order valence-corrected chi connectivity index (χ2v) is 6.64. The fraction of sp³-hybridized carbons (Fsp3) is 0.158. The van der Waals surface area contributed by atoms with Gasteiger partial charge in [-0.2, -0.15) is 0 Å². The lowest BCUT2D eigenvalue weighted by molar-refractivity contribution is 0.102. The maximum absolute atomic E-state index is 12.3. The molecule has 2 aromatic carbocycles. The first-order chi connectivity index (χ1) is 11.7. The fourth-order valence-corrected chi connectivity index (χ4v) is 3.46. The van der Waals surface area contributed by atoms with E-state index in [9.17, 15) is 4.79 Å². The van der Waals surface area contributed by atoms with Crippen LogP contribution in [0.1, 0.15) is 21.6 Å². The summed E-state index contributed by atoms with van der Waals surface area (Å²) >= 11 is 1.48. The molecule has 4 nitrogen and oxygen atoms in total. The quantitative estimate of drug-likeness (QED) is 0.775. The monoisotopic (exact) mass is 336 g/mol. The largest absolute Gasteiger partial charge is 0.493 e. The van der Waals surface area contributed by atoms with Crippen LogP contribution in [0.15, 0.2) is 47.8 Å². The summed E-state index contributed by atoms with van der Waals surface area (Å²) in [4.78, 5) is 16.8. The summed E-state index contributed by atoms with van der Waals surface area (Å²) in [6.45, 7) is 2.75. The summed E-state index contributed by atoms with van der Waals surface area (Å²) in [5.74, 6) is 0.762. The summed E-state index contributed by atoms with van der Waals surface area (Å²) in [6.07, 6.45) is 0.926. The third-order valence-electron chi connectivity index (χ3n) is 3.98. The molecule has 0 radical (unpaired) electrons. The van der Waals surface area contributed by atoms with Crippen molar-refractivity contribution >= 4 is 22.9 Å². The molecule has 1 aromatic heterocycles. The van der Waals surface area contributed by atoms with Crippen LogP contribution in [0.5, 0.6) is 5.75 Å². The molecule has 3 aromatic rings. The Labute approximate surface area is 144 Å². The van der Waals surface area contributed by atoms with E-state index in [0.717, 1.165) is 40.6 Å². The molecule has 0 spiro atoms. The van der Waals surface area contributed by atoms with Gasteiger partial charge in [-0.25, -0.2) is 4.98 Å². The van der Waals surface area contributed by atoms with Gasteiger partial charge in [-0.3, -0.25) is 4.79 Å². The Morgan fingerprint density at radius 1 is 1.21 bits per heavy atom. The zero-order valence-electron chi connectivity index (χ0n) is 13.2. The minimum absolute atomic E-state index is 0.189. The SMILES string of the molecule is Cc1ccc(NC(=O)c2csc(-c3ccc4c(c3)CCO4)n2)cc1. The highest BCUT2D eigenvalue weighted by Crippen LogP contribution is 2.32. The van der Waals surface area contributed by atoms with Crippen molar-refractivity contribution in [3.05, 3.63) is 64.7 Å². The molecule has 2 heterocycles. The number of fused-ring (bicyclic) bond motifs is 1. The number of aromatic nitrogens is 1. The van der Waals surface area contributed by atoms with Crippen molar-refractivity contribution in [3.63, 3.8) is 0 Å². The highest BCUT2D eigenvalue weighted by atomic mass is 32.1. The first-order valence-electron chi connectivity index (χ1n) is 7.79. The number of nitrogens with zero attached hydrogens (tertiary/aromatic N) is 1. The summed E-state index contributed by atoms with van der Waals surface area (Å²) in [7, 11) is 0. The smallest absolute Gasteiger partial charge is 0.275 e. The normalized spacial score (nSPS) is 12.5. The van der Waals surface area contributed by atoms with E-state index in [4.69, 9.17) is 4.74 Å². The molecule has 1 aliphatic rings. The molecular weight excluding hydrogens is 320 g/mol. The molecule has 5 heteroatoms. The average molecular weight is 336 g/mol. The van der Waals surface area contributed by atoms with Gasteiger partial charge in [0.2, 0.25) is 0 Å².